The number of likely N-dealkylation sites (tertiary alicyclic amines) is 1. The Balaban J connectivity index is 1.66. The van der Waals surface area contributed by atoms with Gasteiger partial charge in [-0.3, -0.25) is 4.79 Å². The molecular weight excluding hydrogens is 262 g/mol. The number of hydrogen-bond donors (Lipinski definition) is 1. The third kappa shape index (κ3) is 3.13. The van der Waals surface area contributed by atoms with Crippen LogP contribution in [0.25, 0.3) is 0 Å². The molecule has 1 aliphatic heterocycles. The van der Waals surface area contributed by atoms with Gasteiger partial charge in [0.2, 0.25) is 5.91 Å². The summed E-state index contributed by atoms with van der Waals surface area (Å²) in [6.07, 6.45) is 4.57. The number of rotatable bonds is 2. The van der Waals surface area contributed by atoms with E-state index < -0.39 is 0 Å². The fraction of sp³-hybridized carbons (Fsp3) is 0.611. The summed E-state index contributed by atoms with van der Waals surface area (Å²) in [5, 5.41) is 9.97. The molecule has 0 aromatic heterocycles. The third-order valence-electron chi connectivity index (χ3n) is 5.19. The number of β-amino-alcohol motifs (C(OH)–C–C–N with tert-alkyl or cyclic N) is 1. The molecule has 2 aliphatic rings. The molecule has 1 amide bonds. The van der Waals surface area contributed by atoms with Crippen molar-refractivity contribution < 1.29 is 9.90 Å². The van der Waals surface area contributed by atoms with Crippen LogP contribution in [0.5, 0.6) is 0 Å². The minimum absolute atomic E-state index is 0.211. The molecule has 1 aromatic rings. The molecule has 3 unspecified atom stereocenters. The fourth-order valence-electron chi connectivity index (χ4n) is 3.68. The molecule has 0 radical (unpaired) electrons. The number of fused-ring (bicyclic) bond motifs is 1. The van der Waals surface area contributed by atoms with E-state index in [1.165, 1.54) is 17.5 Å². The lowest BCUT2D eigenvalue weighted by molar-refractivity contribution is -0.135. The lowest BCUT2D eigenvalue weighted by Crippen LogP contribution is -2.46. The van der Waals surface area contributed by atoms with Crippen molar-refractivity contribution in [3.8, 4) is 0 Å². The largest absolute Gasteiger partial charge is 0.391 e. The van der Waals surface area contributed by atoms with E-state index in [9.17, 15) is 9.90 Å². The van der Waals surface area contributed by atoms with E-state index in [1.54, 1.807) is 0 Å². The molecule has 0 bridgehead atoms. The van der Waals surface area contributed by atoms with Crippen molar-refractivity contribution in [3.05, 3.63) is 35.4 Å². The summed E-state index contributed by atoms with van der Waals surface area (Å²) in [5.74, 6) is 0.881. The summed E-state index contributed by atoms with van der Waals surface area (Å²) in [6, 6.07) is 8.54. The van der Waals surface area contributed by atoms with Gasteiger partial charge in [0.1, 0.15) is 0 Å². The second-order valence-corrected chi connectivity index (χ2v) is 6.67. The van der Waals surface area contributed by atoms with E-state index in [-0.39, 0.29) is 12.0 Å². The first kappa shape index (κ1) is 14.6. The average Bonchev–Trinajstić information content (AvgIpc) is 2.50. The van der Waals surface area contributed by atoms with Gasteiger partial charge in [-0.15, -0.1) is 0 Å². The van der Waals surface area contributed by atoms with Gasteiger partial charge in [-0.1, -0.05) is 31.2 Å². The zero-order chi connectivity index (χ0) is 14.8. The standard InChI is InChI=1S/C18H25NO2/c1-13-9-10-19(12-17(13)20)18(21)11-15-7-4-6-14-5-2-3-8-16(14)15/h2-3,5,8,13,15,17,20H,4,6-7,9-12H2,1H3. The van der Waals surface area contributed by atoms with Crippen LogP contribution in [0.4, 0.5) is 0 Å². The summed E-state index contributed by atoms with van der Waals surface area (Å²) in [5.41, 5.74) is 2.77. The second kappa shape index (κ2) is 6.18. The topological polar surface area (TPSA) is 40.5 Å². The van der Waals surface area contributed by atoms with E-state index in [1.807, 2.05) is 4.90 Å². The van der Waals surface area contributed by atoms with E-state index in [0.29, 0.717) is 24.8 Å². The summed E-state index contributed by atoms with van der Waals surface area (Å²) >= 11 is 0. The molecule has 3 atom stereocenters. The lowest BCUT2D eigenvalue weighted by Gasteiger charge is -2.35. The predicted molar refractivity (Wildman–Crippen MR) is 83.1 cm³/mol. The van der Waals surface area contributed by atoms with Gasteiger partial charge in [-0.2, -0.15) is 0 Å². The molecular formula is C18H25NO2. The summed E-state index contributed by atoms with van der Waals surface area (Å²) in [6.45, 7) is 3.36. The monoisotopic (exact) mass is 287 g/mol. The normalized spacial score (nSPS) is 29.0. The Bertz CT molecular complexity index is 514. The van der Waals surface area contributed by atoms with E-state index in [2.05, 4.69) is 31.2 Å². The number of hydrogen-bond acceptors (Lipinski definition) is 2. The Labute approximate surface area is 127 Å². The minimum atomic E-state index is -0.360. The molecule has 0 saturated carbocycles. The molecule has 1 aliphatic carbocycles. The number of aliphatic hydroxyl groups excluding tert-OH is 1. The number of carbonyl (C=O) groups excluding carboxylic acids is 1. The van der Waals surface area contributed by atoms with Crippen molar-refractivity contribution in [1.82, 2.24) is 4.90 Å². The Morgan fingerprint density at radius 1 is 1.33 bits per heavy atom. The van der Waals surface area contributed by atoms with Crippen LogP contribution in [0, 0.1) is 5.92 Å². The van der Waals surface area contributed by atoms with Crippen LogP contribution in [-0.4, -0.2) is 35.1 Å². The van der Waals surface area contributed by atoms with Crippen molar-refractivity contribution in [2.75, 3.05) is 13.1 Å². The highest BCUT2D eigenvalue weighted by Crippen LogP contribution is 2.34. The van der Waals surface area contributed by atoms with Crippen LogP contribution in [0.3, 0.4) is 0 Å². The molecule has 21 heavy (non-hydrogen) atoms. The zero-order valence-electron chi connectivity index (χ0n) is 12.8. The lowest BCUT2D eigenvalue weighted by atomic mass is 9.80. The molecule has 1 aromatic carbocycles. The molecule has 3 nitrogen and oxygen atoms in total. The summed E-state index contributed by atoms with van der Waals surface area (Å²) in [4.78, 5) is 14.4. The molecule has 1 fully saturated rings. The van der Waals surface area contributed by atoms with Crippen molar-refractivity contribution >= 4 is 5.91 Å². The van der Waals surface area contributed by atoms with Gasteiger partial charge < -0.3 is 10.0 Å². The second-order valence-electron chi connectivity index (χ2n) is 6.67. The van der Waals surface area contributed by atoms with Crippen molar-refractivity contribution in [2.24, 2.45) is 5.92 Å². The van der Waals surface area contributed by atoms with Crippen LogP contribution >= 0.6 is 0 Å². The molecule has 1 heterocycles. The quantitative estimate of drug-likeness (QED) is 0.908. The van der Waals surface area contributed by atoms with Crippen LogP contribution in [0.15, 0.2) is 24.3 Å². The van der Waals surface area contributed by atoms with E-state index in [0.717, 1.165) is 25.8 Å². The number of amides is 1. The zero-order valence-corrected chi connectivity index (χ0v) is 12.8. The van der Waals surface area contributed by atoms with Crippen LogP contribution in [0.1, 0.15) is 49.7 Å². The molecule has 1 saturated heterocycles. The van der Waals surface area contributed by atoms with Crippen molar-refractivity contribution in [3.63, 3.8) is 0 Å². The van der Waals surface area contributed by atoms with E-state index in [4.69, 9.17) is 0 Å². The smallest absolute Gasteiger partial charge is 0.223 e. The number of nitrogens with zero attached hydrogens (tertiary/aromatic N) is 1. The first-order valence-corrected chi connectivity index (χ1v) is 8.19. The number of piperidine rings is 1. The van der Waals surface area contributed by atoms with Crippen LogP contribution in [-0.2, 0) is 11.2 Å². The maximum absolute atomic E-state index is 12.5. The fourth-order valence-corrected chi connectivity index (χ4v) is 3.68. The van der Waals surface area contributed by atoms with Crippen molar-refractivity contribution in [1.29, 1.82) is 0 Å². The number of benzene rings is 1. The van der Waals surface area contributed by atoms with Gasteiger partial charge in [0, 0.05) is 19.5 Å². The van der Waals surface area contributed by atoms with Gasteiger partial charge in [0.15, 0.2) is 0 Å². The molecule has 0 spiro atoms. The SMILES string of the molecule is CC1CCN(C(=O)CC2CCCc3ccccc32)CC1O. The first-order valence-electron chi connectivity index (χ1n) is 8.19. The van der Waals surface area contributed by atoms with Gasteiger partial charge in [0.25, 0.3) is 0 Å². The Kier molecular flexibility index (Phi) is 4.29. The van der Waals surface area contributed by atoms with Gasteiger partial charge >= 0.3 is 0 Å². The molecule has 1 N–H and O–H groups in total. The highest BCUT2D eigenvalue weighted by Gasteiger charge is 2.29. The van der Waals surface area contributed by atoms with Gasteiger partial charge in [-0.25, -0.2) is 0 Å². The molecule has 3 rings (SSSR count). The highest BCUT2D eigenvalue weighted by molar-refractivity contribution is 5.77. The molecule has 114 valence electrons. The predicted octanol–water partition coefficient (Wildman–Crippen LogP) is 2.73. The van der Waals surface area contributed by atoms with Crippen molar-refractivity contribution in [2.45, 2.75) is 51.0 Å². The summed E-state index contributed by atoms with van der Waals surface area (Å²) in [7, 11) is 0. The first-order chi connectivity index (χ1) is 10.1. The van der Waals surface area contributed by atoms with E-state index >= 15 is 0 Å². The third-order valence-corrected chi connectivity index (χ3v) is 5.19. The summed E-state index contributed by atoms with van der Waals surface area (Å²) < 4.78 is 0. The van der Waals surface area contributed by atoms with Crippen LogP contribution in [0.2, 0.25) is 0 Å². The Morgan fingerprint density at radius 2 is 2.14 bits per heavy atom. The number of carbonyl (C=O) groups is 1. The van der Waals surface area contributed by atoms with Crippen LogP contribution < -0.4 is 0 Å². The maximum atomic E-state index is 12.5. The highest BCUT2D eigenvalue weighted by atomic mass is 16.3. The average molecular weight is 287 g/mol. The van der Waals surface area contributed by atoms with Gasteiger partial charge in [-0.05, 0) is 48.6 Å². The van der Waals surface area contributed by atoms with Gasteiger partial charge in [0.05, 0.1) is 6.10 Å². The number of aryl methyl sites for hydroxylation is 1. The minimum Gasteiger partial charge on any atom is -0.391 e. The Hall–Kier alpha value is -1.35. The Morgan fingerprint density at radius 3 is 2.95 bits per heavy atom. The number of aliphatic hydroxyl groups is 1. The maximum Gasteiger partial charge on any atom is 0.223 e. The molecule has 3 heteroatoms.